The van der Waals surface area contributed by atoms with Gasteiger partial charge in [0.1, 0.15) is 17.3 Å². The number of aromatic amines is 1. The third kappa shape index (κ3) is 3.44. The van der Waals surface area contributed by atoms with Crippen LogP contribution in [0.5, 0.6) is 0 Å². The summed E-state index contributed by atoms with van der Waals surface area (Å²) < 4.78 is 15.6. The minimum Gasteiger partial charge on any atom is -0.368 e. The second-order valence-electron chi connectivity index (χ2n) is 9.14. The molecule has 2 aliphatic rings. The van der Waals surface area contributed by atoms with Gasteiger partial charge in [-0.15, -0.1) is 0 Å². The molecular weight excluding hydrogens is 431 g/mol. The van der Waals surface area contributed by atoms with E-state index in [1.54, 1.807) is 6.08 Å². The fraction of sp³-hybridized carbons (Fsp3) is 0.280. The van der Waals surface area contributed by atoms with Crippen molar-refractivity contribution in [3.05, 3.63) is 61.0 Å². The first-order valence-corrected chi connectivity index (χ1v) is 11.4. The summed E-state index contributed by atoms with van der Waals surface area (Å²) in [5.74, 6) is 0.907. The van der Waals surface area contributed by atoms with Gasteiger partial charge in [-0.25, -0.2) is 14.4 Å². The number of fused-ring (bicyclic) bond motifs is 2. The highest BCUT2D eigenvalue weighted by Crippen LogP contribution is 2.37. The van der Waals surface area contributed by atoms with E-state index in [1.807, 2.05) is 41.6 Å². The van der Waals surface area contributed by atoms with E-state index in [1.165, 1.54) is 6.08 Å². The molecule has 4 aromatic rings. The van der Waals surface area contributed by atoms with Gasteiger partial charge in [-0.2, -0.15) is 10.1 Å². The molecule has 0 radical (unpaired) electrons. The Kier molecular flexibility index (Phi) is 4.72. The smallest absolute Gasteiger partial charge is 0.222 e. The normalized spacial score (nSPS) is 19.8. The van der Waals surface area contributed by atoms with Crippen LogP contribution in [0.4, 0.5) is 16.2 Å². The summed E-state index contributed by atoms with van der Waals surface area (Å²) in [6.07, 6.45) is 13.6. The molecule has 9 heteroatoms. The summed E-state index contributed by atoms with van der Waals surface area (Å²) in [6, 6.07) is 4.40. The van der Waals surface area contributed by atoms with Crippen molar-refractivity contribution in [2.45, 2.75) is 32.4 Å². The van der Waals surface area contributed by atoms with Gasteiger partial charge < -0.3 is 15.6 Å². The minimum atomic E-state index is -0.174. The highest BCUT2D eigenvalue weighted by molar-refractivity contribution is 5.95. The second kappa shape index (κ2) is 7.79. The van der Waals surface area contributed by atoms with Gasteiger partial charge in [0.25, 0.3) is 0 Å². The molecule has 0 amide bonds. The van der Waals surface area contributed by atoms with Crippen LogP contribution in [0.2, 0.25) is 0 Å². The Morgan fingerprint density at radius 1 is 1.18 bits per heavy atom. The molecule has 8 nitrogen and oxygen atoms in total. The molecule has 5 heterocycles. The van der Waals surface area contributed by atoms with Gasteiger partial charge in [-0.3, -0.25) is 4.68 Å². The lowest BCUT2D eigenvalue weighted by Crippen LogP contribution is -2.32. The van der Waals surface area contributed by atoms with Gasteiger partial charge >= 0.3 is 0 Å². The van der Waals surface area contributed by atoms with Crippen molar-refractivity contribution in [2.75, 3.05) is 17.2 Å². The molecule has 6 rings (SSSR count). The standard InChI is InChI=1S/C25H25FN8/c1-14(2)34-13-17(11-30-34)16-8-19-20(12-29-24(19)28-10-16)21-9-23(32-25(27)31-21)33-6-5-15-7-18(26)3-4-22(15)33/h3-4,7-15,22H,5-6H2,1-2H3,(H,28,29)(H2,27,31,32). The Morgan fingerprint density at radius 3 is 2.88 bits per heavy atom. The molecule has 1 aliphatic carbocycles. The zero-order valence-corrected chi connectivity index (χ0v) is 19.0. The molecule has 3 N–H and O–H groups in total. The fourth-order valence-electron chi connectivity index (χ4n) is 4.87. The van der Waals surface area contributed by atoms with Crippen LogP contribution in [-0.2, 0) is 0 Å². The molecule has 1 aliphatic heterocycles. The number of nitrogen functional groups attached to an aromatic ring is 1. The number of allylic oxidation sites excluding steroid dienone is 2. The maximum atomic E-state index is 13.7. The Labute approximate surface area is 196 Å². The maximum absolute atomic E-state index is 13.7. The zero-order chi connectivity index (χ0) is 23.4. The summed E-state index contributed by atoms with van der Waals surface area (Å²) in [7, 11) is 0. The number of nitrogens with zero attached hydrogens (tertiary/aromatic N) is 6. The number of nitrogens with one attached hydrogen (secondary N) is 1. The number of hydrogen-bond donors (Lipinski definition) is 2. The van der Waals surface area contributed by atoms with Crippen LogP contribution in [0.3, 0.4) is 0 Å². The molecule has 0 aromatic carbocycles. The highest BCUT2D eigenvalue weighted by atomic mass is 19.1. The van der Waals surface area contributed by atoms with Crippen molar-refractivity contribution in [1.29, 1.82) is 0 Å². The van der Waals surface area contributed by atoms with Crippen molar-refractivity contribution in [1.82, 2.24) is 29.7 Å². The lowest BCUT2D eigenvalue weighted by Gasteiger charge is -2.27. The van der Waals surface area contributed by atoms with E-state index in [0.29, 0.717) is 0 Å². The van der Waals surface area contributed by atoms with E-state index in [2.05, 4.69) is 49.8 Å². The molecule has 4 aromatic heterocycles. The van der Waals surface area contributed by atoms with E-state index < -0.39 is 0 Å². The second-order valence-corrected chi connectivity index (χ2v) is 9.14. The van der Waals surface area contributed by atoms with E-state index in [-0.39, 0.29) is 29.8 Å². The molecule has 2 unspecified atom stereocenters. The first kappa shape index (κ1) is 20.6. The van der Waals surface area contributed by atoms with Crippen LogP contribution in [0.1, 0.15) is 26.3 Å². The summed E-state index contributed by atoms with van der Waals surface area (Å²) >= 11 is 0. The predicted octanol–water partition coefficient (Wildman–Crippen LogP) is 4.66. The van der Waals surface area contributed by atoms with Gasteiger partial charge in [0, 0.05) is 65.2 Å². The first-order chi connectivity index (χ1) is 16.5. The summed E-state index contributed by atoms with van der Waals surface area (Å²) in [5.41, 5.74) is 10.5. The van der Waals surface area contributed by atoms with Gasteiger partial charge in [-0.05, 0) is 38.5 Å². The minimum absolute atomic E-state index is 0.0652. The number of rotatable bonds is 4. The van der Waals surface area contributed by atoms with Crippen LogP contribution in [-0.4, -0.2) is 42.3 Å². The number of aromatic nitrogens is 6. The fourth-order valence-corrected chi connectivity index (χ4v) is 4.87. The number of anilines is 2. The molecule has 1 fully saturated rings. The summed E-state index contributed by atoms with van der Waals surface area (Å²) in [4.78, 5) is 19.1. The largest absolute Gasteiger partial charge is 0.368 e. The lowest BCUT2D eigenvalue weighted by molar-refractivity contribution is 0.532. The van der Waals surface area contributed by atoms with Gasteiger partial charge in [0.15, 0.2) is 0 Å². The number of halogens is 1. The quantitative estimate of drug-likeness (QED) is 0.463. The third-order valence-corrected chi connectivity index (χ3v) is 6.62. The molecule has 1 saturated heterocycles. The van der Waals surface area contributed by atoms with Crippen molar-refractivity contribution >= 4 is 22.8 Å². The Hall–Kier alpha value is -4.01. The number of hydrogen-bond acceptors (Lipinski definition) is 6. The maximum Gasteiger partial charge on any atom is 0.222 e. The number of nitrogens with two attached hydrogens (primary N) is 1. The summed E-state index contributed by atoms with van der Waals surface area (Å²) in [6.45, 7) is 4.97. The Balaban J connectivity index is 1.39. The Morgan fingerprint density at radius 2 is 2.06 bits per heavy atom. The average Bonchev–Trinajstić information content (AvgIpc) is 3.55. The van der Waals surface area contributed by atoms with Crippen LogP contribution >= 0.6 is 0 Å². The number of pyridine rings is 1. The van der Waals surface area contributed by atoms with Crippen molar-refractivity contribution < 1.29 is 4.39 Å². The third-order valence-electron chi connectivity index (χ3n) is 6.62. The van der Waals surface area contributed by atoms with Crippen molar-refractivity contribution in [3.63, 3.8) is 0 Å². The topological polar surface area (TPSA) is 102 Å². The Bertz CT molecular complexity index is 1450. The molecule has 172 valence electrons. The first-order valence-electron chi connectivity index (χ1n) is 11.4. The average molecular weight is 457 g/mol. The molecular formula is C25H25FN8. The van der Waals surface area contributed by atoms with Crippen LogP contribution in [0, 0.1) is 5.92 Å². The SMILES string of the molecule is CC(C)n1cc(-c2cnc3[nH]cc(-c4cc(N5CCC6C=C(F)C=CC65)nc(N)n4)c3c2)cn1. The van der Waals surface area contributed by atoms with Crippen LogP contribution < -0.4 is 10.6 Å². The van der Waals surface area contributed by atoms with Gasteiger partial charge in [0.05, 0.1) is 17.9 Å². The lowest BCUT2D eigenvalue weighted by atomic mass is 9.95. The van der Waals surface area contributed by atoms with E-state index in [9.17, 15) is 4.39 Å². The highest BCUT2D eigenvalue weighted by Gasteiger charge is 2.34. The predicted molar refractivity (Wildman–Crippen MR) is 131 cm³/mol. The molecule has 2 atom stereocenters. The van der Waals surface area contributed by atoms with E-state index in [0.717, 1.165) is 52.2 Å². The number of H-pyrrole nitrogens is 1. The zero-order valence-electron chi connectivity index (χ0n) is 19.0. The van der Waals surface area contributed by atoms with Gasteiger partial charge in [0.2, 0.25) is 5.95 Å². The molecule has 0 spiro atoms. The van der Waals surface area contributed by atoms with Crippen LogP contribution in [0.15, 0.2) is 61.0 Å². The van der Waals surface area contributed by atoms with E-state index >= 15 is 0 Å². The monoisotopic (exact) mass is 456 g/mol. The van der Waals surface area contributed by atoms with Gasteiger partial charge in [-0.1, -0.05) is 6.08 Å². The van der Waals surface area contributed by atoms with E-state index in [4.69, 9.17) is 5.73 Å². The molecule has 0 bridgehead atoms. The summed E-state index contributed by atoms with van der Waals surface area (Å²) in [5, 5.41) is 5.40. The molecule has 0 saturated carbocycles. The van der Waals surface area contributed by atoms with Crippen LogP contribution in [0.25, 0.3) is 33.4 Å². The molecule has 34 heavy (non-hydrogen) atoms. The van der Waals surface area contributed by atoms with Crippen molar-refractivity contribution in [2.24, 2.45) is 5.92 Å². The van der Waals surface area contributed by atoms with Crippen molar-refractivity contribution in [3.8, 4) is 22.4 Å².